The van der Waals surface area contributed by atoms with Gasteiger partial charge in [-0.1, -0.05) is 6.07 Å². The first kappa shape index (κ1) is 18.1. The van der Waals surface area contributed by atoms with E-state index >= 15 is 0 Å². The van der Waals surface area contributed by atoms with E-state index in [0.717, 1.165) is 57.6 Å². The minimum Gasteiger partial charge on any atom is -0.481 e. The quantitative estimate of drug-likeness (QED) is 0.850. The first-order valence-corrected chi connectivity index (χ1v) is 9.35. The molecule has 0 atom stereocenters. The molecule has 2 saturated heterocycles. The van der Waals surface area contributed by atoms with Gasteiger partial charge < -0.3 is 19.7 Å². The van der Waals surface area contributed by atoms with Gasteiger partial charge in [0.05, 0.1) is 7.11 Å². The molecule has 2 aliphatic rings. The van der Waals surface area contributed by atoms with Crippen molar-refractivity contribution in [2.24, 2.45) is 5.92 Å². The van der Waals surface area contributed by atoms with Gasteiger partial charge in [0.15, 0.2) is 0 Å². The second-order valence-corrected chi connectivity index (χ2v) is 6.90. The predicted octanol–water partition coefficient (Wildman–Crippen LogP) is 1.81. The molecule has 0 aromatic carbocycles. The third-order valence-corrected chi connectivity index (χ3v) is 5.28. The molecule has 1 N–H and O–H groups in total. The number of amides is 1. The van der Waals surface area contributed by atoms with Crippen LogP contribution in [0.3, 0.4) is 0 Å². The average Bonchev–Trinajstić information content (AvgIpc) is 2.69. The molecular formula is C19H29N3O3. The molecule has 0 radical (unpaired) electrons. The summed E-state index contributed by atoms with van der Waals surface area (Å²) >= 11 is 0. The summed E-state index contributed by atoms with van der Waals surface area (Å²) in [4.78, 5) is 19.1. The first-order chi connectivity index (χ1) is 12.3. The largest absolute Gasteiger partial charge is 0.481 e. The highest BCUT2D eigenvalue weighted by Crippen LogP contribution is 2.27. The number of nitrogens with zero attached hydrogens (tertiary/aromatic N) is 2. The van der Waals surface area contributed by atoms with Crippen molar-refractivity contribution in [3.05, 3.63) is 23.9 Å². The van der Waals surface area contributed by atoms with Crippen molar-refractivity contribution in [3.63, 3.8) is 0 Å². The fraction of sp³-hybridized carbons (Fsp3) is 0.684. The van der Waals surface area contributed by atoms with Crippen LogP contribution in [0.15, 0.2) is 18.2 Å². The van der Waals surface area contributed by atoms with Crippen molar-refractivity contribution in [1.29, 1.82) is 0 Å². The maximum absolute atomic E-state index is 12.1. The van der Waals surface area contributed by atoms with Gasteiger partial charge in [0, 0.05) is 49.9 Å². The molecule has 0 spiro atoms. The maximum atomic E-state index is 12.1. The predicted molar refractivity (Wildman–Crippen MR) is 95.8 cm³/mol. The number of carbonyl (C=O) groups excluding carboxylic acids is 1. The summed E-state index contributed by atoms with van der Waals surface area (Å²) in [5.74, 6) is 1.52. The molecule has 0 aliphatic carbocycles. The van der Waals surface area contributed by atoms with E-state index in [1.54, 1.807) is 7.11 Å². The highest BCUT2D eigenvalue weighted by molar-refractivity contribution is 5.78. The van der Waals surface area contributed by atoms with Crippen LogP contribution in [0.4, 0.5) is 0 Å². The number of nitrogens with one attached hydrogen (secondary N) is 1. The van der Waals surface area contributed by atoms with Crippen LogP contribution in [0.5, 0.6) is 5.88 Å². The lowest BCUT2D eigenvalue weighted by Gasteiger charge is -2.32. The molecule has 138 valence electrons. The van der Waals surface area contributed by atoms with Crippen LogP contribution in [-0.2, 0) is 9.53 Å². The summed E-state index contributed by atoms with van der Waals surface area (Å²) in [5.41, 5.74) is 1.13. The van der Waals surface area contributed by atoms with Crippen LogP contribution >= 0.6 is 0 Å². The minimum atomic E-state index is 0.138. The van der Waals surface area contributed by atoms with Crippen LogP contribution in [0.1, 0.15) is 37.3 Å². The van der Waals surface area contributed by atoms with E-state index in [-0.39, 0.29) is 11.8 Å². The summed E-state index contributed by atoms with van der Waals surface area (Å²) < 4.78 is 10.5. The number of hydrogen-bond donors (Lipinski definition) is 1. The number of carbonyl (C=O) groups is 1. The van der Waals surface area contributed by atoms with E-state index in [1.807, 2.05) is 12.1 Å². The van der Waals surface area contributed by atoms with Crippen molar-refractivity contribution in [1.82, 2.24) is 15.2 Å². The van der Waals surface area contributed by atoms with Crippen LogP contribution in [0.25, 0.3) is 0 Å². The topological polar surface area (TPSA) is 63.7 Å². The Morgan fingerprint density at radius 1 is 1.28 bits per heavy atom. The molecule has 0 unspecified atom stereocenters. The highest BCUT2D eigenvalue weighted by Gasteiger charge is 2.23. The zero-order chi connectivity index (χ0) is 17.5. The summed E-state index contributed by atoms with van der Waals surface area (Å²) in [6.07, 6.45) is 3.91. The van der Waals surface area contributed by atoms with E-state index in [1.165, 1.54) is 0 Å². The summed E-state index contributed by atoms with van der Waals surface area (Å²) in [7, 11) is 1.66. The third kappa shape index (κ3) is 5.16. The fourth-order valence-electron chi connectivity index (χ4n) is 3.67. The number of rotatable bonds is 6. The molecule has 0 saturated carbocycles. The standard InChI is InChI=1S/C19H29N3O3/c1-24-18-4-2-3-17(21-18)15-5-10-22(11-6-15)12-9-20-19(23)16-7-13-25-14-8-16/h2-4,15-16H,5-14H2,1H3,(H,20,23). The minimum absolute atomic E-state index is 0.138. The van der Waals surface area contributed by atoms with Gasteiger partial charge in [0.2, 0.25) is 11.8 Å². The smallest absolute Gasteiger partial charge is 0.223 e. The Balaban J connectivity index is 1.37. The Bertz CT molecular complexity index is 553. The number of likely N-dealkylation sites (tertiary alicyclic amines) is 1. The number of ether oxygens (including phenoxy) is 2. The van der Waals surface area contributed by atoms with Gasteiger partial charge in [-0.15, -0.1) is 0 Å². The lowest BCUT2D eigenvalue weighted by atomic mass is 9.93. The van der Waals surface area contributed by atoms with Crippen molar-refractivity contribution in [2.45, 2.75) is 31.6 Å². The van der Waals surface area contributed by atoms with Gasteiger partial charge in [-0.2, -0.15) is 0 Å². The van der Waals surface area contributed by atoms with Crippen molar-refractivity contribution in [2.75, 3.05) is 46.5 Å². The normalized spacial score (nSPS) is 20.4. The highest BCUT2D eigenvalue weighted by atomic mass is 16.5. The monoisotopic (exact) mass is 347 g/mol. The number of methoxy groups -OCH3 is 1. The van der Waals surface area contributed by atoms with E-state index in [9.17, 15) is 4.79 Å². The van der Waals surface area contributed by atoms with E-state index < -0.39 is 0 Å². The van der Waals surface area contributed by atoms with Crippen LogP contribution in [0, 0.1) is 5.92 Å². The second kappa shape index (κ2) is 9.15. The van der Waals surface area contributed by atoms with Crippen molar-refractivity contribution < 1.29 is 14.3 Å². The molecule has 6 heteroatoms. The Morgan fingerprint density at radius 2 is 2.04 bits per heavy atom. The lowest BCUT2D eigenvalue weighted by molar-refractivity contribution is -0.127. The van der Waals surface area contributed by atoms with Crippen LogP contribution < -0.4 is 10.1 Å². The Hall–Kier alpha value is -1.66. The Morgan fingerprint density at radius 3 is 2.76 bits per heavy atom. The molecule has 1 amide bonds. The fourth-order valence-corrected chi connectivity index (χ4v) is 3.67. The number of hydrogen-bond acceptors (Lipinski definition) is 5. The molecule has 25 heavy (non-hydrogen) atoms. The van der Waals surface area contributed by atoms with Gasteiger partial charge in [0.25, 0.3) is 0 Å². The molecule has 3 heterocycles. The van der Waals surface area contributed by atoms with Crippen molar-refractivity contribution in [3.8, 4) is 5.88 Å². The van der Waals surface area contributed by atoms with Gasteiger partial charge >= 0.3 is 0 Å². The lowest BCUT2D eigenvalue weighted by Crippen LogP contribution is -2.41. The van der Waals surface area contributed by atoms with Crippen LogP contribution in [0.2, 0.25) is 0 Å². The van der Waals surface area contributed by atoms with E-state index in [4.69, 9.17) is 9.47 Å². The Kier molecular flexibility index (Phi) is 6.64. The van der Waals surface area contributed by atoms with Crippen LogP contribution in [-0.4, -0.2) is 62.3 Å². The Labute approximate surface area is 149 Å². The van der Waals surface area contributed by atoms with Gasteiger partial charge in [-0.25, -0.2) is 4.98 Å². The zero-order valence-corrected chi connectivity index (χ0v) is 15.1. The first-order valence-electron chi connectivity index (χ1n) is 9.35. The van der Waals surface area contributed by atoms with Gasteiger partial charge in [-0.05, 0) is 44.8 Å². The van der Waals surface area contributed by atoms with Gasteiger partial charge in [-0.3, -0.25) is 4.79 Å². The molecule has 2 aliphatic heterocycles. The second-order valence-electron chi connectivity index (χ2n) is 6.90. The SMILES string of the molecule is COc1cccc(C2CCN(CCNC(=O)C3CCOCC3)CC2)n1. The van der Waals surface area contributed by atoms with Crippen molar-refractivity contribution >= 4 is 5.91 Å². The summed E-state index contributed by atoms with van der Waals surface area (Å²) in [6, 6.07) is 6.00. The molecular weight excluding hydrogens is 318 g/mol. The summed E-state index contributed by atoms with van der Waals surface area (Å²) in [5, 5.41) is 3.09. The number of aromatic nitrogens is 1. The zero-order valence-electron chi connectivity index (χ0n) is 15.1. The number of piperidine rings is 1. The van der Waals surface area contributed by atoms with Gasteiger partial charge in [0.1, 0.15) is 0 Å². The number of pyridine rings is 1. The molecule has 6 nitrogen and oxygen atoms in total. The van der Waals surface area contributed by atoms with E-state index in [0.29, 0.717) is 25.0 Å². The molecule has 1 aromatic heterocycles. The maximum Gasteiger partial charge on any atom is 0.223 e. The molecule has 0 bridgehead atoms. The third-order valence-electron chi connectivity index (χ3n) is 5.28. The molecule has 3 rings (SSSR count). The molecule has 1 aromatic rings. The summed E-state index contributed by atoms with van der Waals surface area (Å²) in [6.45, 7) is 5.19. The molecule has 2 fully saturated rings. The van der Waals surface area contributed by atoms with E-state index in [2.05, 4.69) is 21.3 Å². The average molecular weight is 347 g/mol.